The van der Waals surface area contributed by atoms with E-state index in [2.05, 4.69) is 0 Å². The third kappa shape index (κ3) is 3.99. The van der Waals surface area contributed by atoms with Crippen molar-refractivity contribution in [2.45, 2.75) is 12.5 Å². The molecule has 2 heterocycles. The Morgan fingerprint density at radius 2 is 2.15 bits per heavy atom. The fourth-order valence-corrected chi connectivity index (χ4v) is 4.46. The number of carbonyl (C=O) groups is 2. The first kappa shape index (κ1) is 19.1. The van der Waals surface area contributed by atoms with Crippen LogP contribution in [0, 0.1) is 0 Å². The molecule has 0 bridgehead atoms. The average molecular weight is 412 g/mol. The van der Waals surface area contributed by atoms with Gasteiger partial charge in [-0.2, -0.15) is 11.8 Å². The van der Waals surface area contributed by atoms with Gasteiger partial charge in [0.1, 0.15) is 23.6 Å². The number of ether oxygens (including phenoxy) is 2. The molecule has 1 fully saturated rings. The van der Waals surface area contributed by atoms with Crippen molar-refractivity contribution in [1.82, 2.24) is 4.90 Å². The Bertz CT molecular complexity index is 780. The number of nitrogens with zero attached hydrogens (tertiary/aromatic N) is 1. The van der Waals surface area contributed by atoms with Crippen molar-refractivity contribution in [3.8, 4) is 11.5 Å². The van der Waals surface area contributed by atoms with Crippen molar-refractivity contribution in [2.24, 2.45) is 0 Å². The van der Waals surface area contributed by atoms with Crippen molar-refractivity contribution in [3.05, 3.63) is 28.7 Å². The second-order valence-electron chi connectivity index (χ2n) is 5.59. The van der Waals surface area contributed by atoms with Crippen LogP contribution >= 0.6 is 35.7 Å². The number of aliphatic carboxylic acids is 1. The van der Waals surface area contributed by atoms with Gasteiger partial charge in [-0.15, -0.1) is 0 Å². The van der Waals surface area contributed by atoms with Gasteiger partial charge in [-0.25, -0.2) is 4.79 Å². The molecule has 2 aliphatic heterocycles. The van der Waals surface area contributed by atoms with E-state index < -0.39 is 12.0 Å². The number of benzene rings is 1. The summed E-state index contributed by atoms with van der Waals surface area (Å²) in [4.78, 5) is 25.9. The lowest BCUT2D eigenvalue weighted by atomic mass is 10.1. The zero-order valence-corrected chi connectivity index (χ0v) is 16.4. The van der Waals surface area contributed by atoms with Gasteiger partial charge in [0.2, 0.25) is 0 Å². The topological polar surface area (TPSA) is 76.1 Å². The maximum absolute atomic E-state index is 12.7. The number of fused-ring (bicyclic) bond motifs is 1. The molecule has 2 aliphatic rings. The van der Waals surface area contributed by atoms with Crippen molar-refractivity contribution in [1.29, 1.82) is 0 Å². The maximum atomic E-state index is 12.7. The normalized spacial score (nSPS) is 19.1. The van der Waals surface area contributed by atoms with Crippen molar-refractivity contribution in [3.63, 3.8) is 0 Å². The standard InChI is InChI=1S/C17H17NO5S3/c1-25-7-4-11(16(20)21)18-15(19)14(26-17(18)24)9-10-2-3-12-13(8-10)23-6-5-22-12/h2-3,8-9,11H,4-7H2,1H3,(H,20,21)/b14-9+/t11-/m1/s1. The van der Waals surface area contributed by atoms with E-state index in [0.29, 0.717) is 41.8 Å². The molecule has 1 N–H and O–H groups in total. The maximum Gasteiger partial charge on any atom is 0.326 e. The Labute approximate surface area is 164 Å². The van der Waals surface area contributed by atoms with Gasteiger partial charge >= 0.3 is 5.97 Å². The van der Waals surface area contributed by atoms with Gasteiger partial charge in [0.25, 0.3) is 5.91 Å². The fourth-order valence-electron chi connectivity index (χ4n) is 2.64. The Morgan fingerprint density at radius 3 is 2.85 bits per heavy atom. The fraction of sp³-hybridized carbons (Fsp3) is 0.353. The molecular formula is C17H17NO5S3. The first-order valence-corrected chi connectivity index (χ1v) is 10.5. The van der Waals surface area contributed by atoms with Crippen molar-refractivity contribution in [2.75, 3.05) is 25.2 Å². The minimum atomic E-state index is -1.05. The van der Waals surface area contributed by atoms with E-state index in [1.165, 1.54) is 16.7 Å². The van der Waals surface area contributed by atoms with Crippen LogP contribution in [0.25, 0.3) is 6.08 Å². The summed E-state index contributed by atoms with van der Waals surface area (Å²) < 4.78 is 11.3. The molecule has 3 rings (SSSR count). The number of carbonyl (C=O) groups excluding carboxylic acids is 1. The summed E-state index contributed by atoms with van der Waals surface area (Å²) in [6, 6.07) is 4.46. The van der Waals surface area contributed by atoms with E-state index in [0.717, 1.165) is 17.3 Å². The van der Waals surface area contributed by atoms with Gasteiger partial charge in [0.05, 0.1) is 4.91 Å². The van der Waals surface area contributed by atoms with E-state index in [-0.39, 0.29) is 10.2 Å². The zero-order valence-electron chi connectivity index (χ0n) is 14.0. The lowest BCUT2D eigenvalue weighted by Gasteiger charge is -2.22. The lowest BCUT2D eigenvalue weighted by Crippen LogP contribution is -2.44. The number of thiocarbonyl (C=S) groups is 1. The van der Waals surface area contributed by atoms with Crippen molar-refractivity contribution >= 4 is 58.0 Å². The van der Waals surface area contributed by atoms with E-state index in [1.807, 2.05) is 12.3 Å². The van der Waals surface area contributed by atoms with E-state index in [1.54, 1.807) is 18.2 Å². The lowest BCUT2D eigenvalue weighted by molar-refractivity contribution is -0.145. The molecule has 0 unspecified atom stereocenters. The summed E-state index contributed by atoms with van der Waals surface area (Å²) >= 11 is 7.92. The Morgan fingerprint density at radius 1 is 1.42 bits per heavy atom. The third-order valence-electron chi connectivity index (χ3n) is 3.88. The van der Waals surface area contributed by atoms with Gasteiger partial charge < -0.3 is 14.6 Å². The van der Waals surface area contributed by atoms with Crippen LogP contribution in [0.4, 0.5) is 0 Å². The first-order chi connectivity index (χ1) is 12.5. The molecule has 0 aliphatic carbocycles. The van der Waals surface area contributed by atoms with Crippen LogP contribution in [0.2, 0.25) is 0 Å². The molecule has 1 amide bonds. The molecule has 0 spiro atoms. The Kier molecular flexibility index (Phi) is 6.10. The minimum Gasteiger partial charge on any atom is -0.486 e. The van der Waals surface area contributed by atoms with Crippen LogP contribution < -0.4 is 9.47 Å². The van der Waals surface area contributed by atoms with Gasteiger partial charge in [0, 0.05) is 0 Å². The predicted molar refractivity (Wildman–Crippen MR) is 107 cm³/mol. The SMILES string of the molecule is CSCC[C@H](C(=O)O)N1C(=O)/C(=C\c2ccc3c(c2)OCCO3)SC1=S. The number of carboxylic acid groups (broad SMARTS) is 1. The van der Waals surface area contributed by atoms with E-state index in [9.17, 15) is 14.7 Å². The molecular weight excluding hydrogens is 394 g/mol. The van der Waals surface area contributed by atoms with Gasteiger partial charge in [-0.3, -0.25) is 9.69 Å². The smallest absolute Gasteiger partial charge is 0.326 e. The van der Waals surface area contributed by atoms with Crippen LogP contribution in [0.3, 0.4) is 0 Å². The highest BCUT2D eigenvalue weighted by molar-refractivity contribution is 8.26. The summed E-state index contributed by atoms with van der Waals surface area (Å²) in [5, 5.41) is 9.48. The molecule has 1 aromatic rings. The number of carboxylic acids is 1. The molecule has 6 nitrogen and oxygen atoms in total. The zero-order chi connectivity index (χ0) is 18.7. The Balaban J connectivity index is 1.83. The predicted octanol–water partition coefficient (Wildman–Crippen LogP) is 2.87. The number of thioether (sulfide) groups is 2. The molecule has 26 heavy (non-hydrogen) atoms. The molecule has 9 heteroatoms. The summed E-state index contributed by atoms with van der Waals surface area (Å²) in [6.45, 7) is 0.992. The summed E-state index contributed by atoms with van der Waals surface area (Å²) in [7, 11) is 0. The Hall–Kier alpha value is -1.71. The number of rotatable bonds is 6. The number of amides is 1. The van der Waals surface area contributed by atoms with Crippen LogP contribution in [0.15, 0.2) is 23.1 Å². The monoisotopic (exact) mass is 411 g/mol. The summed E-state index contributed by atoms with van der Waals surface area (Å²) in [6.07, 6.45) is 3.94. The molecule has 0 aromatic heterocycles. The van der Waals surface area contributed by atoms with E-state index in [4.69, 9.17) is 21.7 Å². The molecule has 1 saturated heterocycles. The summed E-state index contributed by atoms with van der Waals surface area (Å²) in [5.41, 5.74) is 0.769. The third-order valence-corrected chi connectivity index (χ3v) is 5.85. The second-order valence-corrected chi connectivity index (χ2v) is 8.25. The van der Waals surface area contributed by atoms with Crippen molar-refractivity contribution < 1.29 is 24.2 Å². The number of hydrogen-bond acceptors (Lipinski definition) is 7. The molecule has 0 radical (unpaired) electrons. The van der Waals surface area contributed by atoms with Crippen LogP contribution in [-0.2, 0) is 9.59 Å². The summed E-state index contributed by atoms with van der Waals surface area (Å²) in [5.74, 6) is 0.516. The molecule has 1 atom stereocenters. The molecule has 1 aromatic carbocycles. The highest BCUT2D eigenvalue weighted by atomic mass is 32.2. The quantitative estimate of drug-likeness (QED) is 0.566. The van der Waals surface area contributed by atoms with Crippen LogP contribution in [-0.4, -0.2) is 57.5 Å². The molecule has 138 valence electrons. The van der Waals surface area contributed by atoms with Crippen LogP contribution in [0.1, 0.15) is 12.0 Å². The first-order valence-electron chi connectivity index (χ1n) is 7.89. The minimum absolute atomic E-state index is 0.271. The van der Waals surface area contributed by atoms with E-state index >= 15 is 0 Å². The molecule has 0 saturated carbocycles. The highest BCUT2D eigenvalue weighted by Crippen LogP contribution is 2.37. The highest BCUT2D eigenvalue weighted by Gasteiger charge is 2.40. The average Bonchev–Trinajstić information content (AvgIpc) is 2.89. The number of hydrogen-bond donors (Lipinski definition) is 1. The van der Waals surface area contributed by atoms with Gasteiger partial charge in [0.15, 0.2) is 11.5 Å². The van der Waals surface area contributed by atoms with Gasteiger partial charge in [-0.05, 0) is 42.2 Å². The second kappa shape index (κ2) is 8.32. The van der Waals surface area contributed by atoms with Crippen LogP contribution in [0.5, 0.6) is 11.5 Å². The largest absolute Gasteiger partial charge is 0.486 e. The van der Waals surface area contributed by atoms with Gasteiger partial charge in [-0.1, -0.05) is 30.0 Å².